The van der Waals surface area contributed by atoms with Gasteiger partial charge in [-0.1, -0.05) is 42.5 Å². The number of esters is 1. The molecule has 172 valence electrons. The van der Waals surface area contributed by atoms with E-state index in [9.17, 15) is 14.4 Å². The van der Waals surface area contributed by atoms with Crippen LogP contribution in [0.5, 0.6) is 5.75 Å². The molecule has 0 aliphatic heterocycles. The number of fused-ring (bicyclic) bond motifs is 1. The van der Waals surface area contributed by atoms with Crippen LogP contribution in [-0.2, 0) is 22.7 Å². The van der Waals surface area contributed by atoms with E-state index in [1.54, 1.807) is 30.3 Å². The highest BCUT2D eigenvalue weighted by molar-refractivity contribution is 5.91. The molecule has 0 saturated heterocycles. The second kappa shape index (κ2) is 10.5. The number of aryl methyl sites for hydroxylation is 1. The van der Waals surface area contributed by atoms with Crippen molar-refractivity contribution in [3.8, 4) is 5.75 Å². The van der Waals surface area contributed by atoms with Crippen molar-refractivity contribution in [2.75, 3.05) is 6.61 Å². The van der Waals surface area contributed by atoms with E-state index < -0.39 is 11.6 Å². The Morgan fingerprint density at radius 3 is 2.44 bits per heavy atom. The minimum atomic E-state index is -0.581. The number of carbonyl (C=O) groups excluding carboxylic acids is 2. The third-order valence-corrected chi connectivity index (χ3v) is 5.18. The van der Waals surface area contributed by atoms with Gasteiger partial charge in [0.25, 0.3) is 5.91 Å². The predicted molar refractivity (Wildman–Crippen MR) is 127 cm³/mol. The molecule has 0 aliphatic carbocycles. The van der Waals surface area contributed by atoms with Crippen molar-refractivity contribution in [1.29, 1.82) is 0 Å². The minimum absolute atomic E-state index is 0.263. The molecular weight excluding hydrogens is 434 g/mol. The SMILES string of the molecule is Cc1cc(=O)oc2cc(OCc3ccc(C(=O)OCC(=O)NCc4ccccc4)cc3)ccc12. The van der Waals surface area contributed by atoms with Crippen LogP contribution in [0.25, 0.3) is 11.0 Å². The predicted octanol–water partition coefficient (Wildman–Crippen LogP) is 4.15. The number of amides is 1. The molecule has 0 radical (unpaired) electrons. The molecule has 4 aromatic rings. The molecule has 1 heterocycles. The van der Waals surface area contributed by atoms with Gasteiger partial charge in [-0.15, -0.1) is 0 Å². The van der Waals surface area contributed by atoms with Crippen LogP contribution in [0.4, 0.5) is 0 Å². The lowest BCUT2D eigenvalue weighted by Crippen LogP contribution is -2.28. The molecule has 7 heteroatoms. The summed E-state index contributed by atoms with van der Waals surface area (Å²) in [5, 5.41) is 3.56. The summed E-state index contributed by atoms with van der Waals surface area (Å²) in [6, 6.07) is 23.0. The van der Waals surface area contributed by atoms with Crippen LogP contribution in [0.15, 0.2) is 88.1 Å². The van der Waals surface area contributed by atoms with Crippen molar-refractivity contribution in [2.24, 2.45) is 0 Å². The molecule has 0 atom stereocenters. The van der Waals surface area contributed by atoms with Crippen molar-refractivity contribution in [2.45, 2.75) is 20.1 Å². The van der Waals surface area contributed by atoms with Gasteiger partial charge in [0.15, 0.2) is 6.61 Å². The molecule has 0 spiro atoms. The van der Waals surface area contributed by atoms with E-state index >= 15 is 0 Å². The minimum Gasteiger partial charge on any atom is -0.489 e. The highest BCUT2D eigenvalue weighted by Gasteiger charge is 2.11. The zero-order chi connectivity index (χ0) is 23.9. The number of benzene rings is 3. The molecule has 4 rings (SSSR count). The molecular formula is C27H23NO6. The molecule has 0 fully saturated rings. The van der Waals surface area contributed by atoms with Crippen molar-refractivity contribution in [3.05, 3.63) is 112 Å². The van der Waals surface area contributed by atoms with Gasteiger partial charge < -0.3 is 19.2 Å². The van der Waals surface area contributed by atoms with Crippen LogP contribution < -0.4 is 15.7 Å². The van der Waals surface area contributed by atoms with Gasteiger partial charge in [0.05, 0.1) is 5.56 Å². The molecule has 7 nitrogen and oxygen atoms in total. The summed E-state index contributed by atoms with van der Waals surface area (Å²) in [6.45, 7) is 2.13. The molecule has 0 aliphatic rings. The first-order chi connectivity index (χ1) is 16.5. The summed E-state index contributed by atoms with van der Waals surface area (Å²) < 4.78 is 16.1. The van der Waals surface area contributed by atoms with Gasteiger partial charge in [-0.3, -0.25) is 4.79 Å². The summed E-state index contributed by atoms with van der Waals surface area (Å²) in [7, 11) is 0. The smallest absolute Gasteiger partial charge is 0.338 e. The van der Waals surface area contributed by atoms with E-state index in [2.05, 4.69) is 5.32 Å². The summed E-state index contributed by atoms with van der Waals surface area (Å²) in [4.78, 5) is 35.7. The van der Waals surface area contributed by atoms with E-state index in [0.717, 1.165) is 22.1 Å². The van der Waals surface area contributed by atoms with Gasteiger partial charge in [0, 0.05) is 24.1 Å². The topological polar surface area (TPSA) is 94.8 Å². The largest absolute Gasteiger partial charge is 0.489 e. The van der Waals surface area contributed by atoms with E-state index in [0.29, 0.717) is 23.4 Å². The molecule has 1 N–H and O–H groups in total. The second-order valence-corrected chi connectivity index (χ2v) is 7.73. The number of hydrogen-bond acceptors (Lipinski definition) is 6. The first-order valence-corrected chi connectivity index (χ1v) is 10.7. The number of nitrogens with one attached hydrogen (secondary N) is 1. The van der Waals surface area contributed by atoms with Crippen molar-refractivity contribution in [1.82, 2.24) is 5.32 Å². The Hall–Kier alpha value is -4.39. The monoisotopic (exact) mass is 457 g/mol. The average Bonchev–Trinajstić information content (AvgIpc) is 2.85. The molecule has 0 bridgehead atoms. The number of carbonyl (C=O) groups is 2. The van der Waals surface area contributed by atoms with E-state index in [4.69, 9.17) is 13.9 Å². The number of ether oxygens (including phenoxy) is 2. The van der Waals surface area contributed by atoms with E-state index in [1.165, 1.54) is 6.07 Å². The standard InChI is InChI=1S/C27H23NO6/c1-18-13-26(30)34-24-14-22(11-12-23(18)24)32-16-20-7-9-21(10-8-20)27(31)33-17-25(29)28-15-19-5-3-2-4-6-19/h2-14H,15-17H2,1H3,(H,28,29). The van der Waals surface area contributed by atoms with Crippen LogP contribution in [0, 0.1) is 6.92 Å². The summed E-state index contributed by atoms with van der Waals surface area (Å²) in [5.41, 5.74) is 3.04. The summed E-state index contributed by atoms with van der Waals surface area (Å²) in [6.07, 6.45) is 0. The van der Waals surface area contributed by atoms with Gasteiger partial charge in [-0.2, -0.15) is 0 Å². The highest BCUT2D eigenvalue weighted by atomic mass is 16.5. The maximum atomic E-state index is 12.2. The first kappa shape index (κ1) is 22.8. The fraction of sp³-hybridized carbons (Fsp3) is 0.148. The van der Waals surface area contributed by atoms with Gasteiger partial charge >= 0.3 is 11.6 Å². The Morgan fingerprint density at radius 2 is 1.68 bits per heavy atom. The lowest BCUT2D eigenvalue weighted by molar-refractivity contribution is -0.124. The number of hydrogen-bond donors (Lipinski definition) is 1. The van der Waals surface area contributed by atoms with Gasteiger partial charge in [-0.05, 0) is 47.9 Å². The Balaban J connectivity index is 1.27. The number of rotatable bonds is 8. The van der Waals surface area contributed by atoms with E-state index in [1.807, 2.05) is 49.4 Å². The molecule has 0 unspecified atom stereocenters. The third-order valence-electron chi connectivity index (χ3n) is 5.18. The van der Waals surface area contributed by atoms with Crippen LogP contribution in [0.2, 0.25) is 0 Å². The molecule has 0 saturated carbocycles. The molecule has 1 amide bonds. The molecule has 34 heavy (non-hydrogen) atoms. The fourth-order valence-electron chi connectivity index (χ4n) is 3.36. The van der Waals surface area contributed by atoms with Gasteiger partial charge in [-0.25, -0.2) is 9.59 Å². The third kappa shape index (κ3) is 5.89. The zero-order valence-electron chi connectivity index (χ0n) is 18.6. The summed E-state index contributed by atoms with van der Waals surface area (Å²) in [5.74, 6) is -0.392. The van der Waals surface area contributed by atoms with Crippen molar-refractivity contribution < 1.29 is 23.5 Å². The van der Waals surface area contributed by atoms with E-state index in [-0.39, 0.29) is 19.1 Å². The highest BCUT2D eigenvalue weighted by Crippen LogP contribution is 2.23. The average molecular weight is 457 g/mol. The van der Waals surface area contributed by atoms with Crippen molar-refractivity contribution in [3.63, 3.8) is 0 Å². The van der Waals surface area contributed by atoms with Crippen LogP contribution in [-0.4, -0.2) is 18.5 Å². The second-order valence-electron chi connectivity index (χ2n) is 7.73. The Bertz CT molecular complexity index is 1360. The molecule has 1 aromatic heterocycles. The lowest BCUT2D eigenvalue weighted by atomic mass is 10.1. The maximum absolute atomic E-state index is 12.2. The van der Waals surface area contributed by atoms with Gasteiger partial charge in [0.2, 0.25) is 0 Å². The van der Waals surface area contributed by atoms with Crippen LogP contribution >= 0.6 is 0 Å². The van der Waals surface area contributed by atoms with Crippen LogP contribution in [0.1, 0.15) is 27.0 Å². The summed E-state index contributed by atoms with van der Waals surface area (Å²) >= 11 is 0. The Kier molecular flexibility index (Phi) is 7.03. The lowest BCUT2D eigenvalue weighted by Gasteiger charge is -2.09. The quantitative estimate of drug-likeness (QED) is 0.315. The first-order valence-electron chi connectivity index (χ1n) is 10.7. The molecule has 3 aromatic carbocycles. The Labute approximate surface area is 195 Å². The van der Waals surface area contributed by atoms with Crippen LogP contribution in [0.3, 0.4) is 0 Å². The maximum Gasteiger partial charge on any atom is 0.338 e. The Morgan fingerprint density at radius 1 is 0.912 bits per heavy atom. The van der Waals surface area contributed by atoms with Gasteiger partial charge in [0.1, 0.15) is 17.9 Å². The fourth-order valence-corrected chi connectivity index (χ4v) is 3.36. The zero-order valence-corrected chi connectivity index (χ0v) is 18.6. The normalized spacial score (nSPS) is 10.6. The van der Waals surface area contributed by atoms with Crippen molar-refractivity contribution >= 4 is 22.8 Å².